The minimum absolute atomic E-state index is 0.104. The number of likely N-dealkylation sites (tertiary alicyclic amines) is 1. The molecule has 2 fully saturated rings. The molecule has 5 heterocycles. The molecule has 2 aliphatic rings. The van der Waals surface area contributed by atoms with Crippen LogP contribution in [0.3, 0.4) is 0 Å². The number of hydrogen-bond acceptors (Lipinski definition) is 8. The molecule has 1 atom stereocenters. The lowest BCUT2D eigenvalue weighted by atomic mass is 9.97. The Kier molecular flexibility index (Phi) is 7.58. The summed E-state index contributed by atoms with van der Waals surface area (Å²) in [7, 11) is 0. The van der Waals surface area contributed by atoms with E-state index >= 15 is 0 Å². The number of anilines is 1. The molecule has 0 aliphatic carbocycles. The SMILES string of the molecule is CCC1CN(c2ncc(-c3ncc[nH]3)cc2Cl)CCN1C1CCN(C(=O)c2ccc(-c3csnn3)cc2)CC1. The number of carbonyl (C=O) groups is 1. The van der Waals surface area contributed by atoms with Crippen LogP contribution in [0.25, 0.3) is 22.6 Å². The molecule has 3 aromatic heterocycles. The smallest absolute Gasteiger partial charge is 0.253 e. The quantitative estimate of drug-likeness (QED) is 0.359. The normalized spacial score (nSPS) is 19.0. The Morgan fingerprint density at radius 3 is 2.59 bits per heavy atom. The van der Waals surface area contributed by atoms with Crippen molar-refractivity contribution in [1.82, 2.24) is 34.3 Å². The van der Waals surface area contributed by atoms with Crippen molar-refractivity contribution in [2.75, 3.05) is 37.6 Å². The summed E-state index contributed by atoms with van der Waals surface area (Å²) >= 11 is 8.01. The summed E-state index contributed by atoms with van der Waals surface area (Å²) in [5.41, 5.74) is 3.43. The fraction of sp³-hybridized carbons (Fsp3) is 0.393. The Morgan fingerprint density at radius 2 is 1.92 bits per heavy atom. The molecule has 1 N–H and O–H groups in total. The van der Waals surface area contributed by atoms with Gasteiger partial charge >= 0.3 is 0 Å². The molecule has 1 unspecified atom stereocenters. The van der Waals surface area contributed by atoms with Crippen LogP contribution in [-0.2, 0) is 0 Å². The Labute approximate surface area is 237 Å². The lowest BCUT2D eigenvalue weighted by Crippen LogP contribution is -2.58. The number of aromatic amines is 1. The summed E-state index contributed by atoms with van der Waals surface area (Å²) in [5.74, 6) is 1.71. The molecule has 0 bridgehead atoms. The Hall–Kier alpha value is -3.34. The summed E-state index contributed by atoms with van der Waals surface area (Å²) in [4.78, 5) is 32.3. The zero-order chi connectivity index (χ0) is 26.8. The molecule has 0 radical (unpaired) electrons. The van der Waals surface area contributed by atoms with Gasteiger partial charge in [-0.3, -0.25) is 9.69 Å². The summed E-state index contributed by atoms with van der Waals surface area (Å²) in [6.45, 7) is 6.54. The maximum Gasteiger partial charge on any atom is 0.253 e. The number of aromatic nitrogens is 5. The first-order chi connectivity index (χ1) is 19.1. The fourth-order valence-electron chi connectivity index (χ4n) is 5.78. The van der Waals surface area contributed by atoms with E-state index in [1.807, 2.05) is 46.8 Å². The van der Waals surface area contributed by atoms with Gasteiger partial charge < -0.3 is 14.8 Å². The summed E-state index contributed by atoms with van der Waals surface area (Å²) in [5, 5.41) is 6.67. The van der Waals surface area contributed by atoms with Crippen LogP contribution < -0.4 is 4.90 Å². The molecular weight excluding hydrogens is 532 g/mol. The highest BCUT2D eigenvalue weighted by Crippen LogP contribution is 2.31. The van der Waals surface area contributed by atoms with Crippen molar-refractivity contribution >= 4 is 34.9 Å². The molecule has 2 saturated heterocycles. The third-order valence-corrected chi connectivity index (χ3v) is 8.68. The number of rotatable bonds is 6. The predicted octanol–water partition coefficient (Wildman–Crippen LogP) is 4.85. The minimum Gasteiger partial charge on any atom is -0.353 e. The number of benzene rings is 1. The second kappa shape index (κ2) is 11.4. The average Bonchev–Trinajstić information content (AvgIpc) is 3.72. The Morgan fingerprint density at radius 1 is 1.10 bits per heavy atom. The van der Waals surface area contributed by atoms with Gasteiger partial charge in [0, 0.05) is 85.5 Å². The van der Waals surface area contributed by atoms with Crippen molar-refractivity contribution in [3.05, 3.63) is 64.9 Å². The first-order valence-corrected chi connectivity index (χ1v) is 14.6. The molecule has 4 aromatic rings. The van der Waals surface area contributed by atoms with E-state index in [2.05, 4.69) is 36.3 Å². The molecule has 9 nitrogen and oxygen atoms in total. The van der Waals surface area contributed by atoms with Gasteiger partial charge in [-0.15, -0.1) is 5.10 Å². The number of pyridine rings is 1. The number of amides is 1. The van der Waals surface area contributed by atoms with Crippen LogP contribution in [0, 0.1) is 0 Å². The molecular formula is C28H31ClN8OS. The molecule has 6 rings (SSSR count). The van der Waals surface area contributed by atoms with Gasteiger partial charge in [0.2, 0.25) is 0 Å². The van der Waals surface area contributed by atoms with E-state index in [0.29, 0.717) is 17.1 Å². The van der Waals surface area contributed by atoms with E-state index in [9.17, 15) is 4.79 Å². The molecule has 1 aromatic carbocycles. The van der Waals surface area contributed by atoms with Crippen molar-refractivity contribution in [1.29, 1.82) is 0 Å². The zero-order valence-electron chi connectivity index (χ0n) is 21.8. The predicted molar refractivity (Wildman–Crippen MR) is 154 cm³/mol. The first kappa shape index (κ1) is 25.9. The third kappa shape index (κ3) is 5.41. The Balaban J connectivity index is 1.05. The van der Waals surface area contributed by atoms with Crippen molar-refractivity contribution in [3.63, 3.8) is 0 Å². The van der Waals surface area contributed by atoms with Gasteiger partial charge in [0.1, 0.15) is 17.3 Å². The lowest BCUT2D eigenvalue weighted by Gasteiger charge is -2.47. The molecule has 11 heteroatoms. The highest BCUT2D eigenvalue weighted by molar-refractivity contribution is 7.03. The third-order valence-electron chi connectivity index (χ3n) is 7.90. The van der Waals surface area contributed by atoms with Crippen LogP contribution in [0.5, 0.6) is 0 Å². The highest BCUT2D eigenvalue weighted by Gasteiger charge is 2.35. The van der Waals surface area contributed by atoms with Crippen LogP contribution in [0.2, 0.25) is 5.02 Å². The van der Waals surface area contributed by atoms with Crippen LogP contribution in [0.15, 0.2) is 54.3 Å². The van der Waals surface area contributed by atoms with E-state index in [1.54, 1.807) is 12.4 Å². The molecule has 2 aliphatic heterocycles. The van der Waals surface area contributed by atoms with E-state index in [1.165, 1.54) is 11.5 Å². The standard InChI is InChI=1S/C28H31ClN8OS/c1-2-22-17-36(27-24(29)15-21(16-32-27)26-30-9-10-31-26)13-14-37(22)23-7-11-35(12-8-23)28(38)20-5-3-19(4-6-20)25-18-39-34-33-25/h3-6,9-10,15-16,18,22-23H,2,7-8,11-14,17H2,1H3,(H,30,31). The van der Waals surface area contributed by atoms with Crippen molar-refractivity contribution in [3.8, 4) is 22.6 Å². The number of carbonyl (C=O) groups excluding carboxylic acids is 1. The second-order valence-corrected chi connectivity index (χ2v) is 11.1. The van der Waals surface area contributed by atoms with Gasteiger partial charge in [-0.1, -0.05) is 35.1 Å². The lowest BCUT2D eigenvalue weighted by molar-refractivity contribution is 0.0491. The van der Waals surface area contributed by atoms with Crippen molar-refractivity contribution < 1.29 is 4.79 Å². The zero-order valence-corrected chi connectivity index (χ0v) is 23.4. The number of piperidine rings is 1. The number of hydrogen-bond donors (Lipinski definition) is 1. The summed E-state index contributed by atoms with van der Waals surface area (Å²) < 4.78 is 3.92. The number of H-pyrrole nitrogens is 1. The fourth-order valence-corrected chi connectivity index (χ4v) is 6.53. The maximum atomic E-state index is 13.2. The van der Waals surface area contributed by atoms with Crippen molar-refractivity contribution in [2.24, 2.45) is 0 Å². The van der Waals surface area contributed by atoms with Gasteiger partial charge in [-0.25, -0.2) is 9.97 Å². The van der Waals surface area contributed by atoms with E-state index < -0.39 is 0 Å². The average molecular weight is 563 g/mol. The van der Waals surface area contributed by atoms with Crippen LogP contribution in [0.1, 0.15) is 36.5 Å². The molecule has 0 saturated carbocycles. The van der Waals surface area contributed by atoms with E-state index in [4.69, 9.17) is 16.6 Å². The maximum absolute atomic E-state index is 13.2. The number of imidazole rings is 1. The van der Waals surface area contributed by atoms with Crippen LogP contribution >= 0.6 is 23.1 Å². The Bertz CT molecular complexity index is 1390. The van der Waals surface area contributed by atoms with Gasteiger partial charge in [0.15, 0.2) is 0 Å². The number of piperazine rings is 1. The van der Waals surface area contributed by atoms with Gasteiger partial charge in [-0.2, -0.15) is 0 Å². The van der Waals surface area contributed by atoms with Gasteiger partial charge in [0.05, 0.1) is 5.02 Å². The first-order valence-electron chi connectivity index (χ1n) is 13.4. The number of nitrogens with one attached hydrogen (secondary N) is 1. The van der Waals surface area contributed by atoms with E-state index in [-0.39, 0.29) is 5.91 Å². The van der Waals surface area contributed by atoms with Crippen LogP contribution in [-0.4, -0.2) is 85.1 Å². The van der Waals surface area contributed by atoms with E-state index in [0.717, 1.165) is 86.0 Å². The molecule has 39 heavy (non-hydrogen) atoms. The topological polar surface area (TPSA) is 94.1 Å². The van der Waals surface area contributed by atoms with Gasteiger partial charge in [0.25, 0.3) is 5.91 Å². The number of nitrogens with zero attached hydrogens (tertiary/aromatic N) is 7. The minimum atomic E-state index is 0.104. The summed E-state index contributed by atoms with van der Waals surface area (Å²) in [6, 6.07) is 10.5. The molecule has 202 valence electrons. The summed E-state index contributed by atoms with van der Waals surface area (Å²) in [6.07, 6.45) is 8.39. The number of halogens is 1. The van der Waals surface area contributed by atoms with Crippen molar-refractivity contribution in [2.45, 2.75) is 38.3 Å². The second-order valence-electron chi connectivity index (χ2n) is 10.1. The van der Waals surface area contributed by atoms with Gasteiger partial charge in [-0.05, 0) is 49.0 Å². The largest absolute Gasteiger partial charge is 0.353 e. The highest BCUT2D eigenvalue weighted by atomic mass is 35.5. The monoisotopic (exact) mass is 562 g/mol. The molecule has 0 spiro atoms. The van der Waals surface area contributed by atoms with Crippen LogP contribution in [0.4, 0.5) is 5.82 Å². The molecule has 1 amide bonds.